The summed E-state index contributed by atoms with van der Waals surface area (Å²) in [4.78, 5) is 0. The molecule has 0 saturated heterocycles. The molecule has 0 aromatic rings. The van der Waals surface area contributed by atoms with Crippen LogP contribution in [0.1, 0.15) is 0 Å². The molecule has 40 valence electrons. The average Bonchev–Trinajstić information content (AvgIpc) is 1.94. The minimum Gasteiger partial charge on any atom is -0.121 e. The van der Waals surface area contributed by atoms with E-state index < -0.39 is 0 Å². The third kappa shape index (κ3) is 1.68. The minimum atomic E-state index is 1.24. The Morgan fingerprint density at radius 2 is 2.25 bits per heavy atom. The van der Waals surface area contributed by atoms with E-state index in [0.717, 1.165) is 0 Å². The van der Waals surface area contributed by atoms with Crippen LogP contribution in [-0.2, 0) is 0 Å². The first kappa shape index (κ1) is 5.86. The molecule has 0 fully saturated rings. The summed E-state index contributed by atoms with van der Waals surface area (Å²) in [7, 11) is 0. The highest BCUT2D eigenvalue weighted by Gasteiger charge is 1.78. The molecule has 0 aromatic carbocycles. The average molecular weight is 216 g/mol. The molecule has 0 radical (unpaired) electrons. The number of hydrogen-bond acceptors (Lipinski definition) is 0. The molecule has 1 aliphatic rings. The van der Waals surface area contributed by atoms with E-state index in [2.05, 4.69) is 28.3 Å². The smallest absolute Gasteiger partial charge is 0.0136 e. The largest absolute Gasteiger partial charge is 0.121 e. The predicted octanol–water partition coefficient (Wildman–Crippen LogP) is 2.59. The zero-order valence-electron chi connectivity index (χ0n) is 4.26. The molecular weight excluding hydrogens is 211 g/mol. The minimum absolute atomic E-state index is 1.24. The van der Waals surface area contributed by atoms with Crippen molar-refractivity contribution in [3.63, 3.8) is 0 Å². The monoisotopic (exact) mass is 216 g/mol. The van der Waals surface area contributed by atoms with Gasteiger partial charge in [0, 0.05) is 3.58 Å². The van der Waals surface area contributed by atoms with E-state index in [4.69, 9.17) is 0 Å². The summed E-state index contributed by atoms with van der Waals surface area (Å²) in [6.45, 7) is 0. The summed E-state index contributed by atoms with van der Waals surface area (Å²) in [6.07, 6.45) is 9.82. The van der Waals surface area contributed by atoms with Gasteiger partial charge in [0.2, 0.25) is 0 Å². The van der Waals surface area contributed by atoms with E-state index >= 15 is 0 Å². The van der Waals surface area contributed by atoms with Crippen LogP contribution in [0.25, 0.3) is 0 Å². The molecular formula is C7H5I. The maximum absolute atomic E-state index is 2.96. The van der Waals surface area contributed by atoms with Crippen LogP contribution in [-0.4, -0.2) is 0 Å². The fraction of sp³-hybridized carbons (Fsp3) is 0. The van der Waals surface area contributed by atoms with Gasteiger partial charge < -0.3 is 0 Å². The number of allylic oxidation sites excluding steroid dienone is 5. The summed E-state index contributed by atoms with van der Waals surface area (Å²) in [5, 5.41) is 0. The van der Waals surface area contributed by atoms with Crippen LogP contribution in [0.5, 0.6) is 0 Å². The van der Waals surface area contributed by atoms with Gasteiger partial charge in [0.15, 0.2) is 0 Å². The number of halogens is 1. The van der Waals surface area contributed by atoms with Gasteiger partial charge in [-0.05, 0) is 46.9 Å². The Hall–Kier alpha value is -0.270. The lowest BCUT2D eigenvalue weighted by molar-refractivity contribution is 1.94. The maximum atomic E-state index is 2.96. The van der Waals surface area contributed by atoms with Crippen molar-refractivity contribution in [1.82, 2.24) is 0 Å². The molecule has 0 aliphatic heterocycles. The SMILES string of the molecule is IC1=CC=C=CC=C1. The molecule has 0 aromatic heterocycles. The molecule has 8 heavy (non-hydrogen) atoms. The Morgan fingerprint density at radius 1 is 1.38 bits per heavy atom. The second kappa shape index (κ2) is 2.90. The second-order valence-corrected chi connectivity index (χ2v) is 2.66. The van der Waals surface area contributed by atoms with E-state index in [0.29, 0.717) is 0 Å². The lowest BCUT2D eigenvalue weighted by Gasteiger charge is -1.77. The molecule has 0 spiro atoms. The first-order valence-corrected chi connectivity index (χ1v) is 3.42. The lowest BCUT2D eigenvalue weighted by atomic mass is 10.5. The Balaban J connectivity index is 2.90. The summed E-state index contributed by atoms with van der Waals surface area (Å²) in [6, 6.07) is 0. The molecule has 1 heteroatoms. The quantitative estimate of drug-likeness (QED) is 0.431. The molecule has 0 amide bonds. The molecule has 0 nitrogen and oxygen atoms in total. The first-order valence-electron chi connectivity index (χ1n) is 2.34. The molecule has 0 bridgehead atoms. The van der Waals surface area contributed by atoms with Crippen molar-refractivity contribution in [3.8, 4) is 0 Å². The number of hydrogen-bond donors (Lipinski definition) is 0. The first-order chi connectivity index (χ1) is 3.89. The van der Waals surface area contributed by atoms with Gasteiger partial charge in [-0.2, -0.15) is 0 Å². The summed E-state index contributed by atoms with van der Waals surface area (Å²) < 4.78 is 1.24. The van der Waals surface area contributed by atoms with Crippen molar-refractivity contribution in [3.05, 3.63) is 39.7 Å². The van der Waals surface area contributed by atoms with Gasteiger partial charge in [0.25, 0.3) is 0 Å². The molecule has 0 N–H and O–H groups in total. The standard InChI is InChI=1S/C7H5I/c8-7-5-3-1-2-4-6-7/h1,3-6H. The number of rotatable bonds is 0. The second-order valence-electron chi connectivity index (χ2n) is 1.41. The van der Waals surface area contributed by atoms with Crippen LogP contribution in [0.2, 0.25) is 0 Å². The van der Waals surface area contributed by atoms with Gasteiger partial charge in [-0.25, -0.2) is 0 Å². The Morgan fingerprint density at radius 3 is 3.12 bits per heavy atom. The summed E-state index contributed by atoms with van der Waals surface area (Å²) in [5.74, 6) is 0. The fourth-order valence-electron chi connectivity index (χ4n) is 0.434. The topological polar surface area (TPSA) is 0 Å². The summed E-state index contributed by atoms with van der Waals surface area (Å²) in [5.41, 5.74) is 2.96. The molecule has 0 heterocycles. The van der Waals surface area contributed by atoms with Gasteiger partial charge in [0.1, 0.15) is 0 Å². The zero-order chi connectivity index (χ0) is 5.82. The van der Waals surface area contributed by atoms with Gasteiger partial charge in [-0.15, -0.1) is 5.73 Å². The van der Waals surface area contributed by atoms with Gasteiger partial charge >= 0.3 is 0 Å². The lowest BCUT2D eigenvalue weighted by Crippen LogP contribution is -1.53. The molecule has 0 unspecified atom stereocenters. The van der Waals surface area contributed by atoms with Crippen LogP contribution in [0.15, 0.2) is 39.7 Å². The van der Waals surface area contributed by atoms with Crippen LogP contribution >= 0.6 is 22.6 Å². The van der Waals surface area contributed by atoms with Crippen molar-refractivity contribution >= 4 is 22.6 Å². The highest BCUT2D eigenvalue weighted by atomic mass is 127. The Bertz CT molecular complexity index is 190. The van der Waals surface area contributed by atoms with Gasteiger partial charge in [-0.1, -0.05) is 6.08 Å². The van der Waals surface area contributed by atoms with E-state index in [1.165, 1.54) is 3.58 Å². The van der Waals surface area contributed by atoms with Crippen LogP contribution in [0, 0.1) is 0 Å². The maximum Gasteiger partial charge on any atom is 0.0136 e. The van der Waals surface area contributed by atoms with Crippen molar-refractivity contribution in [1.29, 1.82) is 0 Å². The van der Waals surface area contributed by atoms with Crippen LogP contribution in [0.4, 0.5) is 0 Å². The molecule has 0 atom stereocenters. The highest BCUT2D eigenvalue weighted by molar-refractivity contribution is 14.1. The molecule has 1 rings (SSSR count). The third-order valence-electron chi connectivity index (χ3n) is 0.787. The van der Waals surface area contributed by atoms with Crippen molar-refractivity contribution in [2.75, 3.05) is 0 Å². The van der Waals surface area contributed by atoms with Gasteiger partial charge in [0.05, 0.1) is 0 Å². The highest BCUT2D eigenvalue weighted by Crippen LogP contribution is 2.08. The predicted molar refractivity (Wildman–Crippen MR) is 43.9 cm³/mol. The Labute approximate surface area is 62.4 Å². The van der Waals surface area contributed by atoms with Crippen molar-refractivity contribution in [2.45, 2.75) is 0 Å². The normalized spacial score (nSPS) is 15.9. The molecule has 1 aliphatic carbocycles. The molecule has 0 saturated carbocycles. The third-order valence-corrected chi connectivity index (χ3v) is 1.51. The van der Waals surface area contributed by atoms with Crippen LogP contribution in [0.3, 0.4) is 0 Å². The van der Waals surface area contributed by atoms with E-state index in [9.17, 15) is 0 Å². The van der Waals surface area contributed by atoms with Crippen molar-refractivity contribution < 1.29 is 0 Å². The van der Waals surface area contributed by atoms with E-state index in [1.54, 1.807) is 0 Å². The Kier molecular flexibility index (Phi) is 2.12. The van der Waals surface area contributed by atoms with Crippen LogP contribution < -0.4 is 0 Å². The zero-order valence-corrected chi connectivity index (χ0v) is 6.42. The van der Waals surface area contributed by atoms with Gasteiger partial charge in [-0.3, -0.25) is 0 Å². The summed E-state index contributed by atoms with van der Waals surface area (Å²) >= 11 is 2.26. The van der Waals surface area contributed by atoms with E-state index in [-0.39, 0.29) is 0 Å². The fourth-order valence-corrected chi connectivity index (χ4v) is 0.822. The van der Waals surface area contributed by atoms with Crippen molar-refractivity contribution in [2.24, 2.45) is 0 Å². The van der Waals surface area contributed by atoms with E-state index in [1.807, 2.05) is 30.4 Å².